The first kappa shape index (κ1) is 17.0. The standard InChI is InChI=1S/C11H18F3N3O2S/c1-2-15-7-9-6-10(8-16-9)20(18,19)17-5-3-4-11(12,13)14/h6,8,15-17H,2-5,7H2,1H3. The minimum Gasteiger partial charge on any atom is -0.363 e. The summed E-state index contributed by atoms with van der Waals surface area (Å²) in [4.78, 5) is 2.83. The van der Waals surface area contributed by atoms with Crippen LogP contribution in [0.1, 0.15) is 25.5 Å². The molecule has 0 unspecified atom stereocenters. The normalized spacial score (nSPS) is 12.8. The molecule has 0 spiro atoms. The van der Waals surface area contributed by atoms with Crippen LogP contribution in [0, 0.1) is 0 Å². The van der Waals surface area contributed by atoms with Gasteiger partial charge in [-0.15, -0.1) is 0 Å². The molecule has 9 heteroatoms. The molecule has 0 radical (unpaired) electrons. The zero-order chi connectivity index (χ0) is 15.2. The van der Waals surface area contributed by atoms with E-state index >= 15 is 0 Å². The van der Waals surface area contributed by atoms with Crippen molar-refractivity contribution >= 4 is 10.0 Å². The Hall–Kier alpha value is -1.06. The Bertz CT molecular complexity index is 511. The molecule has 0 fully saturated rings. The number of H-pyrrole nitrogens is 1. The van der Waals surface area contributed by atoms with Gasteiger partial charge >= 0.3 is 6.18 Å². The molecule has 0 saturated carbocycles. The van der Waals surface area contributed by atoms with E-state index in [0.717, 1.165) is 6.54 Å². The third-order valence-electron chi connectivity index (χ3n) is 2.52. The van der Waals surface area contributed by atoms with Crippen molar-refractivity contribution in [2.75, 3.05) is 13.1 Å². The van der Waals surface area contributed by atoms with Crippen LogP contribution in [-0.4, -0.2) is 32.7 Å². The summed E-state index contributed by atoms with van der Waals surface area (Å²) in [6.07, 6.45) is -4.23. The van der Waals surface area contributed by atoms with E-state index in [4.69, 9.17) is 0 Å². The van der Waals surface area contributed by atoms with Crippen LogP contribution in [0.2, 0.25) is 0 Å². The van der Waals surface area contributed by atoms with Gasteiger partial charge in [-0.25, -0.2) is 13.1 Å². The third kappa shape index (κ3) is 5.93. The van der Waals surface area contributed by atoms with Gasteiger partial charge in [-0.3, -0.25) is 0 Å². The Labute approximate surface area is 116 Å². The summed E-state index contributed by atoms with van der Waals surface area (Å²) >= 11 is 0. The Morgan fingerprint density at radius 1 is 1.35 bits per heavy atom. The number of hydrogen-bond acceptors (Lipinski definition) is 3. The number of nitrogens with one attached hydrogen (secondary N) is 3. The molecule has 0 amide bonds. The fourth-order valence-electron chi connectivity index (χ4n) is 1.51. The van der Waals surface area contributed by atoms with E-state index in [1.807, 2.05) is 6.92 Å². The number of sulfonamides is 1. The summed E-state index contributed by atoms with van der Waals surface area (Å²) < 4.78 is 61.6. The maximum atomic E-state index is 11.9. The molecule has 1 aromatic rings. The van der Waals surface area contributed by atoms with Crippen molar-refractivity contribution in [2.24, 2.45) is 0 Å². The minimum atomic E-state index is -4.27. The van der Waals surface area contributed by atoms with Crippen LogP contribution in [0.5, 0.6) is 0 Å². The largest absolute Gasteiger partial charge is 0.389 e. The molecule has 0 aliphatic carbocycles. The van der Waals surface area contributed by atoms with Crippen LogP contribution in [0.3, 0.4) is 0 Å². The van der Waals surface area contributed by atoms with Crippen LogP contribution in [0.15, 0.2) is 17.2 Å². The van der Waals surface area contributed by atoms with Crippen molar-refractivity contribution in [3.05, 3.63) is 18.0 Å². The number of aromatic nitrogens is 1. The van der Waals surface area contributed by atoms with Gasteiger partial charge < -0.3 is 10.3 Å². The van der Waals surface area contributed by atoms with Crippen LogP contribution < -0.4 is 10.0 Å². The molecule has 20 heavy (non-hydrogen) atoms. The molecule has 0 atom stereocenters. The van der Waals surface area contributed by atoms with Crippen molar-refractivity contribution < 1.29 is 21.6 Å². The van der Waals surface area contributed by atoms with Gasteiger partial charge in [0.05, 0.1) is 4.90 Å². The SMILES string of the molecule is CCNCc1cc(S(=O)(=O)NCCCC(F)(F)F)c[nH]1. The van der Waals surface area contributed by atoms with Crippen LogP contribution in [-0.2, 0) is 16.6 Å². The van der Waals surface area contributed by atoms with E-state index in [1.165, 1.54) is 12.3 Å². The maximum Gasteiger partial charge on any atom is 0.389 e. The first-order valence-corrected chi connectivity index (χ1v) is 7.67. The van der Waals surface area contributed by atoms with Crippen LogP contribution >= 0.6 is 0 Å². The predicted octanol–water partition coefficient (Wildman–Crippen LogP) is 1.74. The molecular formula is C11H18F3N3O2S. The van der Waals surface area contributed by atoms with E-state index in [-0.39, 0.29) is 17.9 Å². The van der Waals surface area contributed by atoms with E-state index < -0.39 is 22.6 Å². The number of halogens is 3. The van der Waals surface area contributed by atoms with Gasteiger partial charge in [0.25, 0.3) is 0 Å². The van der Waals surface area contributed by atoms with E-state index in [2.05, 4.69) is 15.0 Å². The lowest BCUT2D eigenvalue weighted by Crippen LogP contribution is -2.25. The van der Waals surface area contributed by atoms with Gasteiger partial charge in [0, 0.05) is 31.4 Å². The molecule has 1 heterocycles. The molecule has 0 aliphatic rings. The quantitative estimate of drug-likeness (QED) is 0.640. The molecule has 1 aromatic heterocycles. The fraction of sp³-hybridized carbons (Fsp3) is 0.636. The van der Waals surface area contributed by atoms with E-state index in [0.29, 0.717) is 12.2 Å². The van der Waals surface area contributed by atoms with Crippen LogP contribution in [0.25, 0.3) is 0 Å². The summed E-state index contributed by atoms with van der Waals surface area (Å²) in [6, 6.07) is 1.45. The smallest absolute Gasteiger partial charge is 0.363 e. The van der Waals surface area contributed by atoms with Crippen molar-refractivity contribution in [1.29, 1.82) is 0 Å². The first-order chi connectivity index (χ1) is 9.24. The average Bonchev–Trinajstić information content (AvgIpc) is 2.80. The summed E-state index contributed by atoms with van der Waals surface area (Å²) in [6.45, 7) is 2.93. The Balaban J connectivity index is 2.49. The summed E-state index contributed by atoms with van der Waals surface area (Å²) in [5.41, 5.74) is 0.697. The Kier molecular flexibility index (Phi) is 6.03. The highest BCUT2D eigenvalue weighted by molar-refractivity contribution is 7.89. The third-order valence-corrected chi connectivity index (χ3v) is 3.96. The van der Waals surface area contributed by atoms with Crippen molar-refractivity contribution in [3.63, 3.8) is 0 Å². The Morgan fingerprint density at radius 2 is 2.05 bits per heavy atom. The second-order valence-corrected chi connectivity index (χ2v) is 6.02. The number of aromatic amines is 1. The molecule has 0 saturated heterocycles. The van der Waals surface area contributed by atoms with Crippen molar-refractivity contribution in [2.45, 2.75) is 37.4 Å². The van der Waals surface area contributed by atoms with Gasteiger partial charge in [-0.05, 0) is 19.0 Å². The molecule has 0 aliphatic heterocycles. The highest BCUT2D eigenvalue weighted by Gasteiger charge is 2.26. The topological polar surface area (TPSA) is 74.0 Å². The van der Waals surface area contributed by atoms with Gasteiger partial charge in [0.1, 0.15) is 0 Å². The van der Waals surface area contributed by atoms with Crippen molar-refractivity contribution in [1.82, 2.24) is 15.0 Å². The van der Waals surface area contributed by atoms with Gasteiger partial charge in [-0.1, -0.05) is 6.92 Å². The number of alkyl halides is 3. The highest BCUT2D eigenvalue weighted by atomic mass is 32.2. The molecule has 116 valence electrons. The summed E-state index contributed by atoms with van der Waals surface area (Å²) in [5.74, 6) is 0. The molecular weight excluding hydrogens is 295 g/mol. The lowest BCUT2D eigenvalue weighted by Gasteiger charge is -2.07. The molecule has 0 bridgehead atoms. The lowest BCUT2D eigenvalue weighted by atomic mass is 10.3. The van der Waals surface area contributed by atoms with E-state index in [1.54, 1.807) is 0 Å². The number of hydrogen-bond donors (Lipinski definition) is 3. The fourth-order valence-corrected chi connectivity index (χ4v) is 2.61. The second kappa shape index (κ2) is 7.09. The van der Waals surface area contributed by atoms with Gasteiger partial charge in [-0.2, -0.15) is 13.2 Å². The summed E-state index contributed by atoms with van der Waals surface area (Å²) in [5, 5.41) is 3.03. The second-order valence-electron chi connectivity index (χ2n) is 4.26. The predicted molar refractivity (Wildman–Crippen MR) is 68.7 cm³/mol. The maximum absolute atomic E-state index is 11.9. The Morgan fingerprint density at radius 3 is 2.65 bits per heavy atom. The first-order valence-electron chi connectivity index (χ1n) is 6.19. The lowest BCUT2D eigenvalue weighted by molar-refractivity contribution is -0.135. The van der Waals surface area contributed by atoms with E-state index in [9.17, 15) is 21.6 Å². The van der Waals surface area contributed by atoms with Gasteiger partial charge in [0.15, 0.2) is 0 Å². The molecule has 1 rings (SSSR count). The molecule has 0 aromatic carbocycles. The van der Waals surface area contributed by atoms with Crippen LogP contribution in [0.4, 0.5) is 13.2 Å². The number of rotatable bonds is 8. The zero-order valence-corrected chi connectivity index (χ0v) is 11.9. The van der Waals surface area contributed by atoms with Crippen molar-refractivity contribution in [3.8, 4) is 0 Å². The highest BCUT2D eigenvalue weighted by Crippen LogP contribution is 2.21. The van der Waals surface area contributed by atoms with Gasteiger partial charge in [0.2, 0.25) is 10.0 Å². The molecule has 5 nitrogen and oxygen atoms in total. The zero-order valence-electron chi connectivity index (χ0n) is 11.0. The minimum absolute atomic E-state index is 0.0254. The summed E-state index contributed by atoms with van der Waals surface area (Å²) in [7, 11) is -3.76. The average molecular weight is 313 g/mol. The molecule has 3 N–H and O–H groups in total. The monoisotopic (exact) mass is 313 g/mol.